The van der Waals surface area contributed by atoms with Gasteiger partial charge in [-0.25, -0.2) is 0 Å². The molecule has 0 heterocycles. The molecule has 4 aromatic rings. The van der Waals surface area contributed by atoms with Crippen LogP contribution in [0, 0.1) is 0 Å². The Balaban J connectivity index is 1.56. The lowest BCUT2D eigenvalue weighted by atomic mass is 10.0. The Labute approximate surface area is 246 Å². The molecule has 0 amide bonds. The maximum Gasteiger partial charge on any atom is 0.157 e. The molecule has 214 valence electrons. The molecule has 0 saturated carbocycles. The molecule has 6 nitrogen and oxygen atoms in total. The third-order valence-electron chi connectivity index (χ3n) is 6.47. The Morgan fingerprint density at radius 1 is 0.634 bits per heavy atom. The Hall–Kier alpha value is -3.36. The molecule has 0 aliphatic heterocycles. The maximum atomic E-state index is 12.5. The van der Waals surface area contributed by atoms with Crippen LogP contribution in [0.4, 0.5) is 0 Å². The van der Waals surface area contributed by atoms with Gasteiger partial charge >= 0.3 is 0 Å². The molecule has 0 fully saturated rings. The van der Waals surface area contributed by atoms with Gasteiger partial charge in [0.2, 0.25) is 0 Å². The van der Waals surface area contributed by atoms with Gasteiger partial charge in [0, 0.05) is 0 Å². The van der Waals surface area contributed by atoms with E-state index in [4.69, 9.17) is 30.5 Å². The smallest absolute Gasteiger partial charge is 0.157 e. The number of benzene rings is 4. The van der Waals surface area contributed by atoms with Crippen LogP contribution in [0.15, 0.2) is 121 Å². The number of carbonyl (C=O) groups is 1. The van der Waals surface area contributed by atoms with E-state index >= 15 is 0 Å². The van der Waals surface area contributed by atoms with E-state index in [2.05, 4.69) is 0 Å². The Morgan fingerprint density at radius 2 is 1.07 bits per heavy atom. The molecule has 7 heteroatoms. The van der Waals surface area contributed by atoms with Gasteiger partial charge in [-0.3, -0.25) is 0 Å². The largest absolute Gasteiger partial charge is 0.388 e. The summed E-state index contributed by atoms with van der Waals surface area (Å²) in [6, 6.07) is 38.0. The molecule has 4 rings (SSSR count). The van der Waals surface area contributed by atoms with Crippen LogP contribution >= 0.6 is 11.6 Å². The number of aldehydes is 1. The fourth-order valence-corrected chi connectivity index (χ4v) is 4.57. The van der Waals surface area contributed by atoms with Crippen molar-refractivity contribution < 1.29 is 28.8 Å². The van der Waals surface area contributed by atoms with Crippen molar-refractivity contribution in [3.8, 4) is 0 Å². The Morgan fingerprint density at radius 3 is 1.56 bits per heavy atom. The minimum absolute atomic E-state index is 0.0475. The fraction of sp³-hybridized carbons (Fsp3) is 0.265. The van der Waals surface area contributed by atoms with E-state index in [9.17, 15) is 9.90 Å². The molecule has 1 N–H and O–H groups in total. The zero-order chi connectivity index (χ0) is 28.7. The second-order valence-corrected chi connectivity index (χ2v) is 9.95. The highest BCUT2D eigenvalue weighted by molar-refractivity contribution is 6.19. The lowest BCUT2D eigenvalue weighted by Gasteiger charge is -2.34. The van der Waals surface area contributed by atoms with Crippen molar-refractivity contribution in [1.29, 1.82) is 0 Å². The van der Waals surface area contributed by atoms with Crippen LogP contribution in [-0.4, -0.2) is 42.4 Å². The molecule has 0 aromatic heterocycles. The van der Waals surface area contributed by atoms with Gasteiger partial charge in [0.1, 0.15) is 24.4 Å². The summed E-state index contributed by atoms with van der Waals surface area (Å²) < 4.78 is 24.5. The zero-order valence-electron chi connectivity index (χ0n) is 22.7. The number of aliphatic hydroxyl groups is 1. The fourth-order valence-electron chi connectivity index (χ4n) is 4.31. The van der Waals surface area contributed by atoms with Crippen LogP contribution < -0.4 is 0 Å². The second-order valence-electron chi connectivity index (χ2n) is 9.55. The molecule has 41 heavy (non-hydrogen) atoms. The number of rotatable bonds is 17. The summed E-state index contributed by atoms with van der Waals surface area (Å²) in [4.78, 5) is 12.5. The van der Waals surface area contributed by atoms with Crippen LogP contribution in [0.25, 0.3) is 0 Å². The van der Waals surface area contributed by atoms with Gasteiger partial charge < -0.3 is 28.8 Å². The minimum atomic E-state index is -1.15. The average Bonchev–Trinajstić information content (AvgIpc) is 3.03. The van der Waals surface area contributed by atoms with Crippen LogP contribution in [-0.2, 0) is 43.6 Å². The molecular weight excluding hydrogens is 540 g/mol. The number of carbonyl (C=O) groups excluding carboxylic acids is 1. The van der Waals surface area contributed by atoms with E-state index in [1.165, 1.54) is 0 Å². The third-order valence-corrected chi connectivity index (χ3v) is 6.82. The van der Waals surface area contributed by atoms with E-state index < -0.39 is 30.0 Å². The highest BCUT2D eigenvalue weighted by atomic mass is 35.5. The maximum absolute atomic E-state index is 12.5. The predicted octanol–water partition coefficient (Wildman–Crippen LogP) is 6.26. The number of alkyl halides is 1. The summed E-state index contributed by atoms with van der Waals surface area (Å²) >= 11 is 6.58. The molecule has 4 aromatic carbocycles. The molecular formula is C34H35ClO6. The summed E-state index contributed by atoms with van der Waals surface area (Å²) in [5.41, 5.74) is 2.54. The van der Waals surface area contributed by atoms with Crippen molar-refractivity contribution in [3.63, 3.8) is 0 Å². The highest BCUT2D eigenvalue weighted by Gasteiger charge is 2.38. The van der Waals surface area contributed by atoms with Crippen molar-refractivity contribution in [2.75, 3.05) is 6.61 Å². The lowest BCUT2D eigenvalue weighted by molar-refractivity contribution is -0.186. The van der Waals surface area contributed by atoms with Crippen molar-refractivity contribution in [3.05, 3.63) is 144 Å². The normalized spacial score (nSPS) is 15.0. The van der Waals surface area contributed by atoms with E-state index in [0.717, 1.165) is 16.7 Å². The quantitative estimate of drug-likeness (QED) is 0.119. The number of halogens is 1. The first-order valence-corrected chi connectivity index (χ1v) is 14.0. The minimum Gasteiger partial charge on any atom is -0.388 e. The number of ether oxygens (including phenoxy) is 4. The SMILES string of the molecule is O=C[C@H](OC(Cl)c1ccccc1)[C@@H](OCc1ccccc1)[C@@H](OCc1ccccc1)[C@H](O)COCc1ccccc1. The molecule has 0 bridgehead atoms. The third kappa shape index (κ3) is 9.90. The van der Waals surface area contributed by atoms with Crippen LogP contribution in [0.1, 0.15) is 27.8 Å². The van der Waals surface area contributed by atoms with E-state index in [1.807, 2.05) is 121 Å². The lowest BCUT2D eigenvalue weighted by Crippen LogP contribution is -2.50. The van der Waals surface area contributed by atoms with Crippen LogP contribution in [0.3, 0.4) is 0 Å². The number of aliphatic hydroxyl groups excluding tert-OH is 1. The first kappa shape index (κ1) is 30.6. The summed E-state index contributed by atoms with van der Waals surface area (Å²) in [6.07, 6.45) is -3.63. The molecule has 0 aliphatic rings. The van der Waals surface area contributed by atoms with E-state index in [1.54, 1.807) is 0 Å². The second kappa shape index (κ2) is 16.8. The number of hydrogen-bond donors (Lipinski definition) is 1. The van der Waals surface area contributed by atoms with Gasteiger partial charge in [-0.15, -0.1) is 0 Å². The predicted molar refractivity (Wildman–Crippen MR) is 158 cm³/mol. The zero-order valence-corrected chi connectivity index (χ0v) is 23.5. The van der Waals surface area contributed by atoms with Gasteiger partial charge in [-0.1, -0.05) is 133 Å². The van der Waals surface area contributed by atoms with E-state index in [-0.39, 0.29) is 19.8 Å². The molecule has 0 aliphatic carbocycles. The molecule has 1 unspecified atom stereocenters. The van der Waals surface area contributed by atoms with Gasteiger partial charge in [-0.05, 0) is 22.3 Å². The summed E-state index contributed by atoms with van der Waals surface area (Å²) in [7, 11) is 0. The highest BCUT2D eigenvalue weighted by Crippen LogP contribution is 2.27. The van der Waals surface area contributed by atoms with Crippen molar-refractivity contribution in [2.45, 2.75) is 49.8 Å². The molecule has 0 radical (unpaired) electrons. The molecule has 0 spiro atoms. The summed E-state index contributed by atoms with van der Waals surface area (Å²) in [5, 5.41) is 11.4. The summed E-state index contributed by atoms with van der Waals surface area (Å²) in [5.74, 6) is 0. The van der Waals surface area contributed by atoms with Crippen LogP contribution in [0.2, 0.25) is 0 Å². The van der Waals surface area contributed by atoms with Crippen LogP contribution in [0.5, 0.6) is 0 Å². The van der Waals surface area contributed by atoms with Gasteiger partial charge in [0.05, 0.1) is 26.4 Å². The Bertz CT molecular complexity index is 1260. The first-order valence-electron chi connectivity index (χ1n) is 13.5. The molecule has 0 saturated heterocycles. The Kier molecular flexibility index (Phi) is 12.5. The topological polar surface area (TPSA) is 74.2 Å². The van der Waals surface area contributed by atoms with Crippen molar-refractivity contribution in [2.24, 2.45) is 0 Å². The monoisotopic (exact) mass is 574 g/mol. The number of hydrogen-bond acceptors (Lipinski definition) is 6. The van der Waals surface area contributed by atoms with Crippen molar-refractivity contribution in [1.82, 2.24) is 0 Å². The standard InChI is InChI=1S/C34H35ClO6/c35-34(29-19-11-4-12-20-29)41-31(21-36)33(40-24-28-17-9-3-10-18-28)32(39-23-27-15-7-2-8-16-27)30(37)25-38-22-26-13-5-1-6-14-26/h1-21,30-34,37H,22-25H2/t30-,31+,32+,33-,34?/m1/s1. The van der Waals surface area contributed by atoms with E-state index in [0.29, 0.717) is 18.5 Å². The average molecular weight is 575 g/mol. The van der Waals surface area contributed by atoms with Gasteiger partial charge in [0.15, 0.2) is 11.8 Å². The summed E-state index contributed by atoms with van der Waals surface area (Å²) in [6.45, 7) is 0.611. The van der Waals surface area contributed by atoms with Crippen molar-refractivity contribution >= 4 is 17.9 Å². The van der Waals surface area contributed by atoms with Gasteiger partial charge in [-0.2, -0.15) is 0 Å². The first-order chi connectivity index (χ1) is 20.1. The van der Waals surface area contributed by atoms with Gasteiger partial charge in [0.25, 0.3) is 0 Å². The molecule has 5 atom stereocenters.